The van der Waals surface area contributed by atoms with E-state index in [2.05, 4.69) is 10.6 Å². The van der Waals surface area contributed by atoms with Gasteiger partial charge in [0.05, 0.1) is 17.7 Å². The maximum atomic E-state index is 12.8. The van der Waals surface area contributed by atoms with Crippen LogP contribution in [0.3, 0.4) is 0 Å². The Balaban J connectivity index is 1.46. The van der Waals surface area contributed by atoms with Crippen LogP contribution in [-0.2, 0) is 11.2 Å². The Morgan fingerprint density at radius 1 is 0.897 bits per heavy atom. The highest BCUT2D eigenvalue weighted by Crippen LogP contribution is 2.34. The molecule has 146 valence electrons. The van der Waals surface area contributed by atoms with Gasteiger partial charge in [0.2, 0.25) is 12.7 Å². The zero-order chi connectivity index (χ0) is 20.2. The van der Waals surface area contributed by atoms with Gasteiger partial charge in [-0.05, 0) is 42.0 Å². The third kappa shape index (κ3) is 4.50. The van der Waals surface area contributed by atoms with Crippen LogP contribution in [0.25, 0.3) is 0 Å². The molecule has 0 fully saturated rings. The molecule has 2 amide bonds. The van der Waals surface area contributed by atoms with Gasteiger partial charge >= 0.3 is 0 Å². The molecule has 7 heteroatoms. The smallest absolute Gasteiger partial charge is 0.257 e. The van der Waals surface area contributed by atoms with E-state index in [0.717, 1.165) is 5.56 Å². The lowest BCUT2D eigenvalue weighted by atomic mass is 10.1. The Labute approximate surface area is 172 Å². The summed E-state index contributed by atoms with van der Waals surface area (Å²) in [7, 11) is 0. The van der Waals surface area contributed by atoms with E-state index in [1.807, 2.05) is 0 Å². The van der Waals surface area contributed by atoms with Crippen molar-refractivity contribution in [1.29, 1.82) is 0 Å². The first-order valence-corrected chi connectivity index (χ1v) is 9.30. The summed E-state index contributed by atoms with van der Waals surface area (Å²) in [6.07, 6.45) is 0.176. The predicted octanol–water partition coefficient (Wildman–Crippen LogP) is 4.50. The SMILES string of the molecule is O=C(Cc1ccc(Cl)cc1)Nc1ccccc1C(=O)Nc1ccc2c(c1)OCO2. The molecule has 0 aliphatic carbocycles. The van der Waals surface area contributed by atoms with Crippen LogP contribution in [0.4, 0.5) is 11.4 Å². The second kappa shape index (κ2) is 8.24. The normalized spacial score (nSPS) is 11.8. The first kappa shape index (κ1) is 18.8. The molecular formula is C22H17ClN2O4. The standard InChI is InChI=1S/C22H17ClN2O4/c23-15-7-5-14(6-8-15)11-21(26)25-18-4-2-1-3-17(18)22(27)24-16-9-10-19-20(12-16)29-13-28-19/h1-10,12H,11,13H2,(H,24,27)(H,25,26). The number of halogens is 1. The molecule has 0 atom stereocenters. The van der Waals surface area contributed by atoms with Gasteiger partial charge in [-0.15, -0.1) is 0 Å². The van der Waals surface area contributed by atoms with Crippen molar-refractivity contribution in [2.24, 2.45) is 0 Å². The molecule has 3 aromatic rings. The minimum atomic E-state index is -0.341. The van der Waals surface area contributed by atoms with Crippen LogP contribution in [0.2, 0.25) is 5.02 Å². The van der Waals surface area contributed by atoms with Crippen molar-refractivity contribution in [3.63, 3.8) is 0 Å². The summed E-state index contributed by atoms with van der Waals surface area (Å²) >= 11 is 5.87. The average molecular weight is 409 g/mol. The number of hydrogen-bond donors (Lipinski definition) is 2. The third-order valence-corrected chi connectivity index (χ3v) is 4.61. The summed E-state index contributed by atoms with van der Waals surface area (Å²) in [6, 6.07) is 19.0. The third-order valence-electron chi connectivity index (χ3n) is 4.35. The summed E-state index contributed by atoms with van der Waals surface area (Å²) in [5.74, 6) is 0.645. The molecule has 0 bridgehead atoms. The molecule has 0 saturated heterocycles. The fraction of sp³-hybridized carbons (Fsp3) is 0.0909. The van der Waals surface area contributed by atoms with Gasteiger partial charge in [0, 0.05) is 16.8 Å². The van der Waals surface area contributed by atoms with Crippen LogP contribution < -0.4 is 20.1 Å². The molecule has 0 radical (unpaired) electrons. The molecule has 0 unspecified atom stereocenters. The fourth-order valence-corrected chi connectivity index (χ4v) is 3.07. The van der Waals surface area contributed by atoms with E-state index in [9.17, 15) is 9.59 Å². The van der Waals surface area contributed by atoms with Gasteiger partial charge in [-0.1, -0.05) is 35.9 Å². The predicted molar refractivity (Wildman–Crippen MR) is 111 cm³/mol. The second-order valence-corrected chi connectivity index (χ2v) is 6.86. The number of carbonyl (C=O) groups is 2. The van der Waals surface area contributed by atoms with Gasteiger partial charge in [0.25, 0.3) is 5.91 Å². The summed E-state index contributed by atoms with van der Waals surface area (Å²) in [5, 5.41) is 6.23. The van der Waals surface area contributed by atoms with Gasteiger partial charge in [0.15, 0.2) is 11.5 Å². The van der Waals surface area contributed by atoms with Crippen LogP contribution in [0, 0.1) is 0 Å². The van der Waals surface area contributed by atoms with Crippen LogP contribution in [-0.4, -0.2) is 18.6 Å². The second-order valence-electron chi connectivity index (χ2n) is 6.42. The molecule has 1 heterocycles. The minimum absolute atomic E-state index is 0.162. The molecule has 0 saturated carbocycles. The highest BCUT2D eigenvalue weighted by atomic mass is 35.5. The van der Waals surface area contributed by atoms with Crippen molar-refractivity contribution in [3.05, 3.63) is 82.9 Å². The minimum Gasteiger partial charge on any atom is -0.454 e. The Hall–Kier alpha value is -3.51. The molecule has 6 nitrogen and oxygen atoms in total. The molecule has 0 spiro atoms. The molecule has 0 aromatic heterocycles. The summed E-state index contributed by atoms with van der Waals surface area (Å²) in [6.45, 7) is 0.162. The van der Waals surface area contributed by atoms with E-state index in [-0.39, 0.29) is 25.0 Å². The molecule has 1 aliphatic rings. The molecule has 29 heavy (non-hydrogen) atoms. The van der Waals surface area contributed by atoms with Crippen LogP contribution in [0.15, 0.2) is 66.7 Å². The maximum Gasteiger partial charge on any atom is 0.257 e. The highest BCUT2D eigenvalue weighted by Gasteiger charge is 2.17. The molecule has 4 rings (SSSR count). The quantitative estimate of drug-likeness (QED) is 0.651. The van der Waals surface area contributed by atoms with Crippen LogP contribution in [0.1, 0.15) is 15.9 Å². The number of hydrogen-bond acceptors (Lipinski definition) is 4. The van der Waals surface area contributed by atoms with Crippen molar-refractivity contribution in [3.8, 4) is 11.5 Å². The van der Waals surface area contributed by atoms with Gasteiger partial charge < -0.3 is 20.1 Å². The largest absolute Gasteiger partial charge is 0.454 e. The zero-order valence-corrected chi connectivity index (χ0v) is 16.0. The highest BCUT2D eigenvalue weighted by molar-refractivity contribution is 6.30. The van der Waals surface area contributed by atoms with Gasteiger partial charge in [-0.2, -0.15) is 0 Å². The molecule has 3 aromatic carbocycles. The molecule has 1 aliphatic heterocycles. The number of benzene rings is 3. The van der Waals surface area contributed by atoms with Crippen molar-refractivity contribution in [1.82, 2.24) is 0 Å². The summed E-state index contributed by atoms with van der Waals surface area (Å²) in [5.41, 5.74) is 2.19. The van der Waals surface area contributed by atoms with Crippen molar-refractivity contribution < 1.29 is 19.1 Å². The maximum absolute atomic E-state index is 12.8. The molecular weight excluding hydrogens is 392 g/mol. The Bertz CT molecular complexity index is 1070. The lowest BCUT2D eigenvalue weighted by Crippen LogP contribution is -2.19. The van der Waals surface area contributed by atoms with Crippen LogP contribution >= 0.6 is 11.6 Å². The first-order chi connectivity index (χ1) is 14.1. The number of rotatable bonds is 5. The zero-order valence-electron chi connectivity index (χ0n) is 15.3. The van der Waals surface area contributed by atoms with Crippen molar-refractivity contribution >= 4 is 34.8 Å². The molecule has 2 N–H and O–H groups in total. The van der Waals surface area contributed by atoms with E-state index in [4.69, 9.17) is 21.1 Å². The van der Waals surface area contributed by atoms with Gasteiger partial charge in [-0.25, -0.2) is 0 Å². The number of anilines is 2. The van der Waals surface area contributed by atoms with Crippen molar-refractivity contribution in [2.45, 2.75) is 6.42 Å². The van der Waals surface area contributed by atoms with Crippen molar-refractivity contribution in [2.75, 3.05) is 17.4 Å². The van der Waals surface area contributed by atoms with Crippen LogP contribution in [0.5, 0.6) is 11.5 Å². The number of ether oxygens (including phenoxy) is 2. The average Bonchev–Trinajstić information content (AvgIpc) is 3.18. The van der Waals surface area contributed by atoms with E-state index in [0.29, 0.717) is 33.5 Å². The lowest BCUT2D eigenvalue weighted by molar-refractivity contribution is -0.115. The Kier molecular flexibility index (Phi) is 5.35. The van der Waals surface area contributed by atoms with E-state index >= 15 is 0 Å². The number of amides is 2. The Morgan fingerprint density at radius 2 is 1.66 bits per heavy atom. The fourth-order valence-electron chi connectivity index (χ4n) is 2.94. The number of fused-ring (bicyclic) bond motifs is 1. The van der Waals surface area contributed by atoms with Gasteiger partial charge in [-0.3, -0.25) is 9.59 Å². The number of carbonyl (C=O) groups excluding carboxylic acids is 2. The van der Waals surface area contributed by atoms with E-state index in [1.165, 1.54) is 0 Å². The summed E-state index contributed by atoms with van der Waals surface area (Å²) < 4.78 is 10.6. The first-order valence-electron chi connectivity index (χ1n) is 8.93. The Morgan fingerprint density at radius 3 is 2.48 bits per heavy atom. The van der Waals surface area contributed by atoms with E-state index < -0.39 is 0 Å². The monoisotopic (exact) mass is 408 g/mol. The topological polar surface area (TPSA) is 76.7 Å². The number of nitrogens with one attached hydrogen (secondary N) is 2. The number of para-hydroxylation sites is 1. The van der Waals surface area contributed by atoms with E-state index in [1.54, 1.807) is 66.7 Å². The lowest BCUT2D eigenvalue weighted by Gasteiger charge is -2.12. The van der Waals surface area contributed by atoms with Gasteiger partial charge in [0.1, 0.15) is 0 Å². The summed E-state index contributed by atoms with van der Waals surface area (Å²) in [4.78, 5) is 25.2.